The molecule has 3 amide bonds. The summed E-state index contributed by atoms with van der Waals surface area (Å²) in [6.45, 7) is 0. The number of hydrogen-bond donors (Lipinski definition) is 3. The number of rotatable bonds is 8. The van der Waals surface area contributed by atoms with Crippen molar-refractivity contribution in [1.82, 2.24) is 9.69 Å². The number of hydrogen-bond acceptors (Lipinski definition) is 5. The maximum Gasteiger partial charge on any atom is 0.267 e. The third-order valence-corrected chi connectivity index (χ3v) is 9.87. The Labute approximate surface area is 273 Å². The molecule has 1 heterocycles. The number of nitrogens with one attached hydrogen (secondary N) is 3. The van der Waals surface area contributed by atoms with E-state index < -0.39 is 56.5 Å². The van der Waals surface area contributed by atoms with E-state index in [2.05, 4.69) is 20.3 Å². The van der Waals surface area contributed by atoms with Crippen molar-refractivity contribution >= 4 is 98.6 Å². The second kappa shape index (κ2) is 12.3. The fourth-order valence-electron chi connectivity index (χ4n) is 4.70. The average Bonchev–Trinajstić information content (AvgIpc) is 3.28. The number of halogens is 7. The van der Waals surface area contributed by atoms with Crippen molar-refractivity contribution in [1.29, 1.82) is 0 Å². The van der Waals surface area contributed by atoms with Crippen LogP contribution in [0.25, 0.3) is 0 Å². The zero-order valence-corrected chi connectivity index (χ0v) is 26.2. The van der Waals surface area contributed by atoms with E-state index in [1.807, 2.05) is 0 Å². The minimum absolute atomic E-state index is 0.0492. The van der Waals surface area contributed by atoms with Gasteiger partial charge in [0.25, 0.3) is 11.8 Å². The first-order valence-electron chi connectivity index (χ1n) is 12.5. The van der Waals surface area contributed by atoms with Gasteiger partial charge in [0.15, 0.2) is 5.82 Å². The van der Waals surface area contributed by atoms with E-state index >= 15 is 4.39 Å². The highest BCUT2D eigenvalue weighted by Crippen LogP contribution is 2.67. The monoisotopic (exact) mass is 704 g/mol. The van der Waals surface area contributed by atoms with E-state index in [0.29, 0.717) is 22.0 Å². The summed E-state index contributed by atoms with van der Waals surface area (Å²) in [5, 5.41) is 8.05. The Kier molecular flexibility index (Phi) is 9.09. The van der Waals surface area contributed by atoms with Gasteiger partial charge in [0.2, 0.25) is 5.91 Å². The molecule has 224 valence electrons. The van der Waals surface area contributed by atoms with Crippen LogP contribution < -0.4 is 16.0 Å². The molecule has 0 spiro atoms. The fraction of sp³-hybridized carbons (Fsp3) is 0.214. The number of amides is 3. The number of alkyl halides is 2. The van der Waals surface area contributed by atoms with Crippen molar-refractivity contribution in [3.8, 4) is 0 Å². The van der Waals surface area contributed by atoms with Crippen molar-refractivity contribution < 1.29 is 23.2 Å². The maximum atomic E-state index is 15.2. The highest BCUT2D eigenvalue weighted by molar-refractivity contribution is 7.08. The Hall–Kier alpha value is -2.73. The zero-order valence-electron chi connectivity index (χ0n) is 21.6. The Balaban J connectivity index is 1.29. The predicted molar refractivity (Wildman–Crippen MR) is 165 cm³/mol. The molecule has 2 aromatic carbocycles. The summed E-state index contributed by atoms with van der Waals surface area (Å²) in [6, 6.07) is 7.59. The highest BCUT2D eigenvalue weighted by atomic mass is 35.5. The van der Waals surface area contributed by atoms with Gasteiger partial charge in [-0.2, -0.15) is 0 Å². The predicted octanol–water partition coefficient (Wildman–Crippen LogP) is 7.76. The molecule has 2 aliphatic rings. The quantitative estimate of drug-likeness (QED) is 0.209. The van der Waals surface area contributed by atoms with E-state index in [1.54, 1.807) is 18.2 Å². The van der Waals surface area contributed by atoms with Gasteiger partial charge in [-0.1, -0.05) is 46.9 Å². The van der Waals surface area contributed by atoms with Crippen LogP contribution in [0.2, 0.25) is 10.0 Å². The summed E-state index contributed by atoms with van der Waals surface area (Å²) in [5.41, 5.74) is -1.43. The first kappa shape index (κ1) is 31.7. The highest BCUT2D eigenvalue weighted by Gasteiger charge is 2.67. The second-order valence-electron chi connectivity index (χ2n) is 9.88. The molecule has 1 unspecified atom stereocenters. The summed E-state index contributed by atoms with van der Waals surface area (Å²) < 4.78 is 32.1. The standard InChI is InChI=1S/C28H19Cl5F2N4O3S/c29-16-4-2-14(37-22(40)11-27(12-28(27,32)33)13-1-3-17(30)18(31)9-13)10-15(16)25(41)38-20-6-5-19(34)24(23(20)35)39-26(42)21-7-8-36-43-21/h1,3-10,14H,2,11-12H2,(H,37,40)(H,38,41)(H,39,42)/t14?,27-/m1/s1. The average molecular weight is 707 g/mol. The van der Waals surface area contributed by atoms with Gasteiger partial charge in [0.05, 0.1) is 27.3 Å². The number of carbonyl (C=O) groups excluding carboxylic acids is 3. The first-order valence-corrected chi connectivity index (χ1v) is 15.2. The molecule has 1 saturated carbocycles. The molecular weight excluding hydrogens is 688 g/mol. The molecule has 5 rings (SSSR count). The molecule has 3 aromatic rings. The fourth-order valence-corrected chi connectivity index (χ4v) is 6.54. The molecule has 2 atom stereocenters. The molecular formula is C28H19Cl5F2N4O3S. The molecule has 3 N–H and O–H groups in total. The summed E-state index contributed by atoms with van der Waals surface area (Å²) in [7, 11) is 0. The normalized spacial score (nSPS) is 20.5. The number of aromatic nitrogens is 1. The van der Waals surface area contributed by atoms with Crippen molar-refractivity contribution in [2.24, 2.45) is 0 Å². The summed E-state index contributed by atoms with van der Waals surface area (Å²) in [5.74, 6) is -4.22. The van der Waals surface area contributed by atoms with Gasteiger partial charge < -0.3 is 16.0 Å². The smallest absolute Gasteiger partial charge is 0.267 e. The zero-order chi connectivity index (χ0) is 31.1. The lowest BCUT2D eigenvalue weighted by Crippen LogP contribution is -2.38. The molecule has 0 aliphatic heterocycles. The number of benzene rings is 2. The van der Waals surface area contributed by atoms with Gasteiger partial charge in [0.1, 0.15) is 20.7 Å². The van der Waals surface area contributed by atoms with Crippen LogP contribution in [0.3, 0.4) is 0 Å². The minimum atomic E-state index is -1.20. The number of nitrogens with zero attached hydrogens (tertiary/aromatic N) is 1. The minimum Gasteiger partial charge on any atom is -0.350 e. The van der Waals surface area contributed by atoms with Crippen LogP contribution in [0.1, 0.15) is 34.5 Å². The largest absolute Gasteiger partial charge is 0.350 e. The van der Waals surface area contributed by atoms with Gasteiger partial charge in [-0.15, -0.1) is 23.2 Å². The van der Waals surface area contributed by atoms with Gasteiger partial charge in [-0.05, 0) is 66.3 Å². The Morgan fingerprint density at radius 1 is 1.00 bits per heavy atom. The molecule has 7 nitrogen and oxygen atoms in total. The molecule has 0 saturated heterocycles. The summed E-state index contributed by atoms with van der Waals surface area (Å²) >= 11 is 32.3. The summed E-state index contributed by atoms with van der Waals surface area (Å²) in [4.78, 5) is 38.7. The molecule has 0 bridgehead atoms. The topological polar surface area (TPSA) is 100 Å². The van der Waals surface area contributed by atoms with Crippen LogP contribution in [0.4, 0.5) is 20.2 Å². The van der Waals surface area contributed by atoms with E-state index in [0.717, 1.165) is 23.7 Å². The Morgan fingerprint density at radius 2 is 1.74 bits per heavy atom. The van der Waals surface area contributed by atoms with Crippen LogP contribution >= 0.6 is 69.5 Å². The lowest BCUT2D eigenvalue weighted by molar-refractivity contribution is -0.122. The lowest BCUT2D eigenvalue weighted by atomic mass is 9.91. The third kappa shape index (κ3) is 6.55. The van der Waals surface area contributed by atoms with Crippen molar-refractivity contribution in [2.45, 2.75) is 35.1 Å². The molecule has 1 aromatic heterocycles. The van der Waals surface area contributed by atoms with Gasteiger partial charge >= 0.3 is 0 Å². The Morgan fingerprint density at radius 3 is 2.40 bits per heavy atom. The van der Waals surface area contributed by atoms with Crippen LogP contribution in [-0.2, 0) is 15.0 Å². The molecule has 0 radical (unpaired) electrons. The molecule has 43 heavy (non-hydrogen) atoms. The maximum absolute atomic E-state index is 15.2. The third-order valence-electron chi connectivity index (χ3n) is 7.04. The van der Waals surface area contributed by atoms with Gasteiger partial charge in [-0.25, -0.2) is 13.2 Å². The summed E-state index contributed by atoms with van der Waals surface area (Å²) in [6.07, 6.45) is 4.84. The van der Waals surface area contributed by atoms with Crippen molar-refractivity contribution in [2.75, 3.05) is 10.6 Å². The van der Waals surface area contributed by atoms with Gasteiger partial charge in [0, 0.05) is 23.1 Å². The van der Waals surface area contributed by atoms with Crippen molar-refractivity contribution in [3.63, 3.8) is 0 Å². The van der Waals surface area contributed by atoms with E-state index in [1.165, 1.54) is 24.4 Å². The SMILES string of the molecule is O=C(C[C@]1(c2ccc(Cl)c(Cl)c2)CC1(Cl)Cl)NC1C=C(C(=O)Nc2ccc(F)c(NC(=O)c3ccns3)c2F)C(Cl)=CC1. The van der Waals surface area contributed by atoms with E-state index in [9.17, 15) is 18.8 Å². The number of carbonyl (C=O) groups is 3. The molecule has 1 fully saturated rings. The van der Waals surface area contributed by atoms with Gasteiger partial charge in [-0.3, -0.25) is 14.4 Å². The van der Waals surface area contributed by atoms with Crippen molar-refractivity contribution in [3.05, 3.63) is 97.5 Å². The van der Waals surface area contributed by atoms with E-state index in [-0.39, 0.29) is 28.3 Å². The Bertz CT molecular complexity index is 1700. The molecule has 15 heteroatoms. The van der Waals surface area contributed by atoms with Crippen LogP contribution in [0.15, 0.2) is 65.4 Å². The van der Waals surface area contributed by atoms with Crippen LogP contribution in [0.5, 0.6) is 0 Å². The lowest BCUT2D eigenvalue weighted by Gasteiger charge is -2.23. The van der Waals surface area contributed by atoms with E-state index in [4.69, 9.17) is 58.0 Å². The number of anilines is 2. The van der Waals surface area contributed by atoms with Crippen LogP contribution in [0, 0.1) is 11.6 Å². The van der Waals surface area contributed by atoms with Crippen LogP contribution in [-0.4, -0.2) is 32.5 Å². The first-order chi connectivity index (χ1) is 20.3. The second-order valence-corrected chi connectivity index (χ2v) is 13.4. The molecule has 2 aliphatic carbocycles.